The summed E-state index contributed by atoms with van der Waals surface area (Å²) < 4.78 is 33.4. The number of hydrogen-bond acceptors (Lipinski definition) is 4. The van der Waals surface area contributed by atoms with Crippen molar-refractivity contribution >= 4 is 10.0 Å². The molecule has 0 radical (unpaired) electrons. The molecule has 6 heteroatoms. The van der Waals surface area contributed by atoms with Crippen LogP contribution in [0, 0.1) is 0 Å². The molecular weight excluding hydrogens is 324 g/mol. The molecule has 1 heterocycles. The first kappa shape index (κ1) is 16.9. The summed E-state index contributed by atoms with van der Waals surface area (Å²) in [5.74, 6) is 0.509. The van der Waals surface area contributed by atoms with Gasteiger partial charge in [0.2, 0.25) is 15.9 Å². The minimum Gasteiger partial charge on any atom is -0.475 e. The Morgan fingerprint density at radius 1 is 1.21 bits per heavy atom. The molecule has 0 aliphatic heterocycles. The Morgan fingerprint density at radius 2 is 1.88 bits per heavy atom. The summed E-state index contributed by atoms with van der Waals surface area (Å²) in [5, 5.41) is -0.400. The van der Waals surface area contributed by atoms with Crippen molar-refractivity contribution in [1.29, 1.82) is 0 Å². The fourth-order valence-corrected chi connectivity index (χ4v) is 4.31. The number of hydrogen-bond donors (Lipinski definition) is 1. The molecular formula is C18H22N2O3S. The van der Waals surface area contributed by atoms with Gasteiger partial charge in [-0.2, -0.15) is 0 Å². The van der Waals surface area contributed by atoms with Gasteiger partial charge in [0.15, 0.2) is 0 Å². The van der Waals surface area contributed by atoms with E-state index < -0.39 is 15.3 Å². The summed E-state index contributed by atoms with van der Waals surface area (Å²) >= 11 is 0. The van der Waals surface area contributed by atoms with E-state index >= 15 is 0 Å². The lowest BCUT2D eigenvalue weighted by Gasteiger charge is -2.13. The van der Waals surface area contributed by atoms with Crippen LogP contribution in [-0.2, 0) is 29.4 Å². The van der Waals surface area contributed by atoms with Crippen molar-refractivity contribution in [1.82, 2.24) is 9.71 Å². The van der Waals surface area contributed by atoms with Crippen molar-refractivity contribution in [3.63, 3.8) is 0 Å². The van der Waals surface area contributed by atoms with Crippen LogP contribution in [0.25, 0.3) is 0 Å². The van der Waals surface area contributed by atoms with E-state index in [1.807, 2.05) is 38.1 Å². The van der Waals surface area contributed by atoms with Crippen LogP contribution in [0.2, 0.25) is 0 Å². The lowest BCUT2D eigenvalue weighted by molar-refractivity contribution is 0.232. The highest BCUT2D eigenvalue weighted by atomic mass is 32.2. The number of aromatic nitrogens is 1. The topological polar surface area (TPSA) is 68.3 Å². The zero-order valence-electron chi connectivity index (χ0n) is 13.9. The van der Waals surface area contributed by atoms with Crippen molar-refractivity contribution in [2.75, 3.05) is 0 Å². The van der Waals surface area contributed by atoms with Gasteiger partial charge in [-0.25, -0.2) is 18.1 Å². The lowest BCUT2D eigenvalue weighted by atomic mass is 10.1. The first-order valence-corrected chi connectivity index (χ1v) is 9.65. The molecule has 3 rings (SSSR count). The average Bonchev–Trinajstić information content (AvgIpc) is 2.98. The molecule has 2 aromatic rings. The van der Waals surface area contributed by atoms with Crippen molar-refractivity contribution < 1.29 is 13.2 Å². The highest BCUT2D eigenvalue weighted by Crippen LogP contribution is 2.26. The molecule has 24 heavy (non-hydrogen) atoms. The Labute approximate surface area is 143 Å². The van der Waals surface area contributed by atoms with Crippen LogP contribution in [0.1, 0.15) is 30.5 Å². The Morgan fingerprint density at radius 3 is 2.50 bits per heavy atom. The summed E-state index contributed by atoms with van der Waals surface area (Å²) in [6, 6.07) is 11.5. The van der Waals surface area contributed by atoms with Gasteiger partial charge >= 0.3 is 0 Å². The molecule has 1 N–H and O–H groups in total. The second-order valence-corrected chi connectivity index (χ2v) is 8.38. The number of rotatable bonds is 6. The quantitative estimate of drug-likeness (QED) is 0.872. The van der Waals surface area contributed by atoms with Gasteiger partial charge in [-0.05, 0) is 49.4 Å². The smallest absolute Gasteiger partial charge is 0.215 e. The third-order valence-corrected chi connectivity index (χ3v) is 5.84. The summed E-state index contributed by atoms with van der Waals surface area (Å²) in [4.78, 5) is 4.13. The van der Waals surface area contributed by atoms with Crippen molar-refractivity contribution in [3.8, 4) is 5.88 Å². The fourth-order valence-electron chi connectivity index (χ4n) is 2.91. The maximum absolute atomic E-state index is 12.6. The number of benzene rings is 1. The molecule has 0 bridgehead atoms. The Balaban J connectivity index is 1.64. The zero-order valence-corrected chi connectivity index (χ0v) is 14.7. The standard InChI is InChI=1S/C18H22N2O3S/c1-13(2)23-18-9-14(7-8-19-18)12-20-24(21,22)17-10-15-5-3-4-6-16(15)11-17/h3-9,13,17,20H,10-12H2,1-2H3. The highest BCUT2D eigenvalue weighted by Gasteiger charge is 2.31. The van der Waals surface area contributed by atoms with Crippen LogP contribution in [-0.4, -0.2) is 24.8 Å². The van der Waals surface area contributed by atoms with E-state index in [0.29, 0.717) is 18.7 Å². The summed E-state index contributed by atoms with van der Waals surface area (Å²) in [6.45, 7) is 4.09. The second kappa shape index (κ2) is 6.91. The molecule has 1 aromatic carbocycles. The Hall–Kier alpha value is -1.92. The predicted molar refractivity (Wildman–Crippen MR) is 93.4 cm³/mol. The van der Waals surface area contributed by atoms with Crippen LogP contribution in [0.15, 0.2) is 42.6 Å². The van der Waals surface area contributed by atoms with E-state index in [0.717, 1.165) is 16.7 Å². The van der Waals surface area contributed by atoms with Gasteiger partial charge in [0.05, 0.1) is 11.4 Å². The van der Waals surface area contributed by atoms with Crippen LogP contribution >= 0.6 is 0 Å². The average molecular weight is 346 g/mol. The predicted octanol–water partition coefficient (Wildman–Crippen LogP) is 2.46. The first-order chi connectivity index (χ1) is 11.4. The fraction of sp³-hybridized carbons (Fsp3) is 0.389. The molecule has 5 nitrogen and oxygen atoms in total. The third kappa shape index (κ3) is 3.94. The monoisotopic (exact) mass is 346 g/mol. The van der Waals surface area contributed by atoms with E-state index in [1.54, 1.807) is 18.3 Å². The molecule has 0 saturated carbocycles. The number of fused-ring (bicyclic) bond motifs is 1. The second-order valence-electron chi connectivity index (χ2n) is 6.33. The minimum absolute atomic E-state index is 0.0291. The Bertz CT molecular complexity index is 794. The van der Waals surface area contributed by atoms with Gasteiger partial charge in [-0.1, -0.05) is 24.3 Å². The Kier molecular flexibility index (Phi) is 4.87. The number of ether oxygens (including phenoxy) is 1. The third-order valence-electron chi connectivity index (χ3n) is 4.09. The van der Waals surface area contributed by atoms with Crippen molar-refractivity contribution in [3.05, 3.63) is 59.3 Å². The summed E-state index contributed by atoms with van der Waals surface area (Å²) in [5.41, 5.74) is 3.09. The van der Waals surface area contributed by atoms with Crippen molar-refractivity contribution in [2.24, 2.45) is 0 Å². The van der Waals surface area contributed by atoms with Gasteiger partial charge in [-0.15, -0.1) is 0 Å². The molecule has 1 aromatic heterocycles. The molecule has 1 aliphatic carbocycles. The largest absolute Gasteiger partial charge is 0.475 e. The maximum Gasteiger partial charge on any atom is 0.215 e. The zero-order chi connectivity index (χ0) is 17.2. The molecule has 0 fully saturated rings. The van der Waals surface area contributed by atoms with Crippen LogP contribution in [0.5, 0.6) is 5.88 Å². The van der Waals surface area contributed by atoms with E-state index in [4.69, 9.17) is 4.74 Å². The van der Waals surface area contributed by atoms with Crippen LogP contribution in [0.3, 0.4) is 0 Å². The van der Waals surface area contributed by atoms with E-state index in [1.165, 1.54) is 0 Å². The number of nitrogens with zero attached hydrogens (tertiary/aromatic N) is 1. The number of nitrogens with one attached hydrogen (secondary N) is 1. The molecule has 0 spiro atoms. The van der Waals surface area contributed by atoms with E-state index in [9.17, 15) is 8.42 Å². The van der Waals surface area contributed by atoms with Crippen LogP contribution < -0.4 is 9.46 Å². The number of sulfonamides is 1. The summed E-state index contributed by atoms with van der Waals surface area (Å²) in [7, 11) is -3.37. The number of pyridine rings is 1. The van der Waals surface area contributed by atoms with Gasteiger partial charge < -0.3 is 4.74 Å². The van der Waals surface area contributed by atoms with Gasteiger partial charge in [0.25, 0.3) is 0 Å². The lowest BCUT2D eigenvalue weighted by Crippen LogP contribution is -2.34. The van der Waals surface area contributed by atoms with Crippen molar-refractivity contribution in [2.45, 2.75) is 44.6 Å². The highest BCUT2D eigenvalue weighted by molar-refractivity contribution is 7.90. The molecule has 128 valence electrons. The maximum atomic E-state index is 12.6. The summed E-state index contributed by atoms with van der Waals surface area (Å²) in [6.07, 6.45) is 2.81. The van der Waals surface area contributed by atoms with Gasteiger partial charge in [-0.3, -0.25) is 0 Å². The first-order valence-electron chi connectivity index (χ1n) is 8.11. The molecule has 0 atom stereocenters. The normalized spacial score (nSPS) is 14.8. The van der Waals surface area contributed by atoms with Gasteiger partial charge in [0.1, 0.15) is 0 Å². The minimum atomic E-state index is -3.37. The molecule has 1 aliphatic rings. The van der Waals surface area contributed by atoms with Crippen LogP contribution in [0.4, 0.5) is 0 Å². The van der Waals surface area contributed by atoms with Gasteiger partial charge in [0, 0.05) is 18.8 Å². The molecule has 0 unspecified atom stereocenters. The molecule has 0 amide bonds. The SMILES string of the molecule is CC(C)Oc1cc(CNS(=O)(=O)C2Cc3ccccc3C2)ccn1. The van der Waals surface area contributed by atoms with E-state index in [-0.39, 0.29) is 12.6 Å². The van der Waals surface area contributed by atoms with E-state index in [2.05, 4.69) is 9.71 Å². The molecule has 0 saturated heterocycles.